The number of thioether (sulfide) groups is 1. The maximum Gasteiger partial charge on any atom is 0.194 e. The van der Waals surface area contributed by atoms with Crippen LogP contribution < -0.4 is 5.32 Å². The topological polar surface area (TPSA) is 40.8 Å². The predicted octanol–water partition coefficient (Wildman–Crippen LogP) is 2.57. The minimum atomic E-state index is 0.291. The molecular formula is C14H23N3OS. The Labute approximate surface area is 119 Å². The first-order chi connectivity index (χ1) is 9.11. The molecule has 4 nitrogen and oxygen atoms in total. The van der Waals surface area contributed by atoms with E-state index in [2.05, 4.69) is 36.0 Å². The highest BCUT2D eigenvalue weighted by Gasteiger charge is 2.28. The van der Waals surface area contributed by atoms with E-state index in [1.54, 1.807) is 6.26 Å². The molecule has 1 aliphatic heterocycles. The van der Waals surface area contributed by atoms with Gasteiger partial charge in [0.1, 0.15) is 12.3 Å². The first kappa shape index (κ1) is 14.3. The summed E-state index contributed by atoms with van der Waals surface area (Å²) in [6.07, 6.45) is 1.69. The van der Waals surface area contributed by atoms with E-state index in [1.165, 1.54) is 0 Å². The molecule has 1 N–H and O–H groups in total. The fourth-order valence-corrected chi connectivity index (χ4v) is 3.29. The molecule has 2 heterocycles. The summed E-state index contributed by atoms with van der Waals surface area (Å²) in [4.78, 5) is 7.02. The van der Waals surface area contributed by atoms with E-state index in [1.807, 2.05) is 23.9 Å². The number of nitrogens with one attached hydrogen (secondary N) is 1. The highest BCUT2D eigenvalue weighted by molar-refractivity contribution is 8.00. The molecule has 1 aromatic rings. The van der Waals surface area contributed by atoms with Crippen LogP contribution in [0, 0.1) is 0 Å². The Morgan fingerprint density at radius 3 is 3.05 bits per heavy atom. The minimum absolute atomic E-state index is 0.291. The zero-order valence-corrected chi connectivity index (χ0v) is 12.8. The normalized spacial score (nSPS) is 19.5. The average Bonchev–Trinajstić information content (AvgIpc) is 2.86. The third-order valence-corrected chi connectivity index (χ3v) is 4.32. The number of nitrogens with zero attached hydrogens (tertiary/aromatic N) is 2. The minimum Gasteiger partial charge on any atom is -0.467 e. The summed E-state index contributed by atoms with van der Waals surface area (Å²) in [7, 11) is 0. The summed E-state index contributed by atoms with van der Waals surface area (Å²) in [5.74, 6) is 3.05. The fraction of sp³-hybridized carbons (Fsp3) is 0.643. The number of furan rings is 1. The summed E-state index contributed by atoms with van der Waals surface area (Å²) in [6, 6.07) is 3.86. The van der Waals surface area contributed by atoms with E-state index in [9.17, 15) is 0 Å². The van der Waals surface area contributed by atoms with Crippen molar-refractivity contribution in [3.63, 3.8) is 0 Å². The molecule has 1 aliphatic rings. The van der Waals surface area contributed by atoms with Crippen LogP contribution in [0.2, 0.25) is 0 Å². The standard InChI is InChI=1S/C14H23N3OS/c1-4-15-13(16-10-12-6-5-8-18-12)17-7-9-19-14(2,3)11-17/h5-6,8H,4,7,9-11H2,1-3H3,(H,15,16). The lowest BCUT2D eigenvalue weighted by atomic mass is 10.2. The Morgan fingerprint density at radius 2 is 2.42 bits per heavy atom. The molecule has 0 radical (unpaired) electrons. The van der Waals surface area contributed by atoms with Crippen LogP contribution in [0.3, 0.4) is 0 Å². The molecule has 106 valence electrons. The molecule has 0 aliphatic carbocycles. The third kappa shape index (κ3) is 4.20. The van der Waals surface area contributed by atoms with Crippen molar-refractivity contribution < 1.29 is 4.42 Å². The maximum absolute atomic E-state index is 5.33. The molecule has 19 heavy (non-hydrogen) atoms. The van der Waals surface area contributed by atoms with Crippen molar-refractivity contribution in [2.45, 2.75) is 32.1 Å². The van der Waals surface area contributed by atoms with Gasteiger partial charge in [-0.05, 0) is 32.9 Å². The van der Waals surface area contributed by atoms with Crippen molar-refractivity contribution in [2.24, 2.45) is 4.99 Å². The van der Waals surface area contributed by atoms with Gasteiger partial charge < -0.3 is 14.6 Å². The summed E-state index contributed by atoms with van der Waals surface area (Å²) >= 11 is 2.03. The Morgan fingerprint density at radius 1 is 1.58 bits per heavy atom. The van der Waals surface area contributed by atoms with Gasteiger partial charge in [-0.1, -0.05) is 0 Å². The van der Waals surface area contributed by atoms with Gasteiger partial charge in [0.05, 0.1) is 6.26 Å². The molecule has 1 fully saturated rings. The van der Waals surface area contributed by atoms with Crippen LogP contribution >= 0.6 is 11.8 Å². The number of guanidine groups is 1. The first-order valence-electron chi connectivity index (χ1n) is 6.80. The van der Waals surface area contributed by atoms with Gasteiger partial charge >= 0.3 is 0 Å². The predicted molar refractivity (Wildman–Crippen MR) is 81.6 cm³/mol. The van der Waals surface area contributed by atoms with E-state index >= 15 is 0 Å². The van der Waals surface area contributed by atoms with Crippen LogP contribution in [0.25, 0.3) is 0 Å². The van der Waals surface area contributed by atoms with Crippen LogP contribution in [0.15, 0.2) is 27.8 Å². The zero-order valence-electron chi connectivity index (χ0n) is 12.0. The van der Waals surface area contributed by atoms with Crippen LogP contribution in [-0.4, -0.2) is 41.0 Å². The molecule has 0 saturated carbocycles. The van der Waals surface area contributed by atoms with E-state index < -0.39 is 0 Å². The Kier molecular flexibility index (Phi) is 4.80. The van der Waals surface area contributed by atoms with E-state index in [0.717, 1.165) is 37.1 Å². The van der Waals surface area contributed by atoms with Gasteiger partial charge in [-0.15, -0.1) is 0 Å². The van der Waals surface area contributed by atoms with Gasteiger partial charge in [-0.25, -0.2) is 4.99 Å². The Hall–Kier alpha value is -1.10. The van der Waals surface area contributed by atoms with Crippen molar-refractivity contribution >= 4 is 17.7 Å². The Balaban J connectivity index is 2.04. The van der Waals surface area contributed by atoms with Gasteiger partial charge in [0.25, 0.3) is 0 Å². The molecule has 0 amide bonds. The number of rotatable bonds is 3. The average molecular weight is 281 g/mol. The smallest absolute Gasteiger partial charge is 0.194 e. The summed E-state index contributed by atoms with van der Waals surface area (Å²) in [5.41, 5.74) is 0. The van der Waals surface area contributed by atoms with Crippen LogP contribution in [-0.2, 0) is 6.54 Å². The second-order valence-corrected chi connectivity index (χ2v) is 7.08. The van der Waals surface area contributed by atoms with Crippen molar-refractivity contribution in [3.8, 4) is 0 Å². The van der Waals surface area contributed by atoms with Crippen LogP contribution in [0.1, 0.15) is 26.5 Å². The monoisotopic (exact) mass is 281 g/mol. The van der Waals surface area contributed by atoms with Gasteiger partial charge in [-0.3, -0.25) is 0 Å². The van der Waals surface area contributed by atoms with Crippen molar-refractivity contribution in [1.82, 2.24) is 10.2 Å². The van der Waals surface area contributed by atoms with Crippen LogP contribution in [0.5, 0.6) is 0 Å². The van der Waals surface area contributed by atoms with Crippen molar-refractivity contribution in [3.05, 3.63) is 24.2 Å². The summed E-state index contributed by atoms with van der Waals surface area (Å²) in [6.45, 7) is 10.3. The Bertz CT molecular complexity index is 414. The largest absolute Gasteiger partial charge is 0.467 e. The van der Waals surface area contributed by atoms with E-state index in [-0.39, 0.29) is 0 Å². The van der Waals surface area contributed by atoms with E-state index in [0.29, 0.717) is 11.3 Å². The second kappa shape index (κ2) is 6.37. The zero-order chi connectivity index (χ0) is 13.7. The third-order valence-electron chi connectivity index (χ3n) is 3.02. The summed E-state index contributed by atoms with van der Waals surface area (Å²) in [5, 5.41) is 3.38. The number of aliphatic imine (C=N–C) groups is 1. The van der Waals surface area contributed by atoms with Crippen molar-refractivity contribution in [2.75, 3.05) is 25.4 Å². The lowest BCUT2D eigenvalue weighted by Gasteiger charge is -2.39. The molecule has 2 rings (SSSR count). The molecule has 0 spiro atoms. The molecule has 1 saturated heterocycles. The fourth-order valence-electron chi connectivity index (χ4n) is 2.18. The highest BCUT2D eigenvalue weighted by atomic mass is 32.2. The lowest BCUT2D eigenvalue weighted by Crippen LogP contribution is -2.50. The van der Waals surface area contributed by atoms with Gasteiger partial charge in [0, 0.05) is 30.1 Å². The quantitative estimate of drug-likeness (QED) is 0.683. The van der Waals surface area contributed by atoms with E-state index in [4.69, 9.17) is 4.42 Å². The van der Waals surface area contributed by atoms with Crippen molar-refractivity contribution in [1.29, 1.82) is 0 Å². The molecule has 0 bridgehead atoms. The number of hydrogen-bond donors (Lipinski definition) is 1. The second-order valence-electron chi connectivity index (χ2n) is 5.28. The summed E-state index contributed by atoms with van der Waals surface area (Å²) < 4.78 is 5.62. The molecule has 0 aromatic carbocycles. The van der Waals surface area contributed by atoms with Gasteiger partial charge in [-0.2, -0.15) is 11.8 Å². The SMILES string of the molecule is CCNC(=NCc1ccco1)N1CCSC(C)(C)C1. The molecule has 0 unspecified atom stereocenters. The first-order valence-corrected chi connectivity index (χ1v) is 7.79. The maximum atomic E-state index is 5.33. The van der Waals surface area contributed by atoms with Crippen LogP contribution in [0.4, 0.5) is 0 Å². The van der Waals surface area contributed by atoms with Gasteiger partial charge in [0.15, 0.2) is 5.96 Å². The lowest BCUT2D eigenvalue weighted by molar-refractivity contribution is 0.375. The molecular weight excluding hydrogens is 258 g/mol. The molecule has 5 heteroatoms. The highest BCUT2D eigenvalue weighted by Crippen LogP contribution is 2.29. The molecule has 1 aromatic heterocycles. The number of hydrogen-bond acceptors (Lipinski definition) is 3. The molecule has 0 atom stereocenters. The van der Waals surface area contributed by atoms with Gasteiger partial charge in [0.2, 0.25) is 0 Å².